The van der Waals surface area contributed by atoms with Crippen LogP contribution >= 0.6 is 0 Å². The van der Waals surface area contributed by atoms with Gasteiger partial charge in [0.15, 0.2) is 0 Å². The van der Waals surface area contributed by atoms with E-state index < -0.39 is 29.7 Å². The van der Waals surface area contributed by atoms with Crippen LogP contribution < -0.4 is 16.4 Å². The molecule has 1 aliphatic rings. The Morgan fingerprint density at radius 3 is 2.69 bits per heavy atom. The number of nitrogens with one attached hydrogen (secondary N) is 3. The molecule has 1 aromatic heterocycles. The maximum absolute atomic E-state index is 13.8. The van der Waals surface area contributed by atoms with Crippen molar-refractivity contribution in [3.05, 3.63) is 76.1 Å². The third-order valence-electron chi connectivity index (χ3n) is 6.38. The molecule has 0 aliphatic heterocycles. The highest BCUT2D eigenvalue weighted by Gasteiger charge is 2.27. The number of halogens is 2. The van der Waals surface area contributed by atoms with Gasteiger partial charge in [0.1, 0.15) is 11.6 Å². The second kappa shape index (κ2) is 10.9. The number of H-pyrrole nitrogens is 1. The minimum atomic E-state index is -1.05. The molecular formula is C25H30F2N6O2. The molecule has 10 heteroatoms. The molecule has 3 atom stereocenters. The van der Waals surface area contributed by atoms with Crippen molar-refractivity contribution >= 4 is 11.9 Å². The predicted molar refractivity (Wildman–Crippen MR) is 128 cm³/mol. The molecule has 4 rings (SSSR count). The minimum Gasteiger partial charge on any atom is -0.390 e. The molecule has 0 radical (unpaired) electrons. The van der Waals surface area contributed by atoms with E-state index in [0.717, 1.165) is 31.7 Å². The molecule has 0 fully saturated rings. The molecule has 3 aromatic rings. The Morgan fingerprint density at radius 1 is 1.23 bits per heavy atom. The molecule has 0 spiro atoms. The standard InChI is InChI=1S/C25H30F2N6O2/c1-2-14-6-7-16-4-3-5-20(19(16)10-14)29-13-22(34)21(11-15-8-17(26)12-18(27)9-15)30-24(35)23-31-25(28)33-32-23/h6-10,12,20-22,29,34H,2-5,11,13H2,1H3,(H,30,35)(H3,28,31,32,33)/t20-,21+,22-/m1/s1. The summed E-state index contributed by atoms with van der Waals surface area (Å²) in [6, 6.07) is 8.87. The molecule has 2 aromatic carbocycles. The average molecular weight is 485 g/mol. The van der Waals surface area contributed by atoms with Crippen LogP contribution in [-0.4, -0.2) is 44.9 Å². The first-order valence-corrected chi connectivity index (χ1v) is 11.8. The van der Waals surface area contributed by atoms with E-state index in [4.69, 9.17) is 5.73 Å². The summed E-state index contributed by atoms with van der Waals surface area (Å²) in [5.74, 6) is -2.31. The van der Waals surface area contributed by atoms with Crippen molar-refractivity contribution in [2.45, 2.75) is 57.2 Å². The molecule has 8 nitrogen and oxygen atoms in total. The Kier molecular flexibility index (Phi) is 7.72. The molecule has 0 unspecified atom stereocenters. The lowest BCUT2D eigenvalue weighted by Gasteiger charge is -2.30. The zero-order chi connectivity index (χ0) is 24.9. The topological polar surface area (TPSA) is 129 Å². The van der Waals surface area contributed by atoms with Gasteiger partial charge in [0.05, 0.1) is 12.1 Å². The van der Waals surface area contributed by atoms with Gasteiger partial charge in [0, 0.05) is 18.7 Å². The quantitative estimate of drug-likeness (QED) is 0.318. The fourth-order valence-electron chi connectivity index (χ4n) is 4.56. The summed E-state index contributed by atoms with van der Waals surface area (Å²) in [5.41, 5.74) is 9.56. The summed E-state index contributed by atoms with van der Waals surface area (Å²) >= 11 is 0. The van der Waals surface area contributed by atoms with Gasteiger partial charge in [-0.15, -0.1) is 5.10 Å². The van der Waals surface area contributed by atoms with Crippen molar-refractivity contribution in [1.82, 2.24) is 25.8 Å². The summed E-state index contributed by atoms with van der Waals surface area (Å²) in [6.07, 6.45) is 2.87. The van der Waals surface area contributed by atoms with Gasteiger partial charge in [-0.25, -0.2) is 8.78 Å². The summed E-state index contributed by atoms with van der Waals surface area (Å²) in [7, 11) is 0. The van der Waals surface area contributed by atoms with Gasteiger partial charge >= 0.3 is 0 Å². The number of aryl methyl sites for hydroxylation is 2. The minimum absolute atomic E-state index is 0.00806. The van der Waals surface area contributed by atoms with Gasteiger partial charge < -0.3 is 21.5 Å². The van der Waals surface area contributed by atoms with Crippen molar-refractivity contribution < 1.29 is 18.7 Å². The highest BCUT2D eigenvalue weighted by atomic mass is 19.1. The Bertz CT molecular complexity index is 1160. The van der Waals surface area contributed by atoms with Crippen LogP contribution in [0.2, 0.25) is 0 Å². The number of hydrogen-bond donors (Lipinski definition) is 5. The Labute approximate surface area is 202 Å². The monoisotopic (exact) mass is 484 g/mol. The molecule has 1 aliphatic carbocycles. The first-order chi connectivity index (χ1) is 16.8. The van der Waals surface area contributed by atoms with E-state index in [-0.39, 0.29) is 30.8 Å². The van der Waals surface area contributed by atoms with Crippen LogP contribution in [-0.2, 0) is 19.3 Å². The first kappa shape index (κ1) is 24.7. The SMILES string of the molecule is CCc1ccc2c(c1)[C@H](NC[C@@H](O)[C@H](Cc1cc(F)cc(F)c1)NC(=O)c1nc(N)n[nH]1)CCC2. The van der Waals surface area contributed by atoms with Gasteiger partial charge in [-0.3, -0.25) is 9.89 Å². The molecule has 186 valence electrons. The number of nitrogen functional groups attached to an aromatic ring is 1. The number of benzene rings is 2. The maximum Gasteiger partial charge on any atom is 0.288 e. The average Bonchev–Trinajstić information content (AvgIpc) is 3.27. The number of rotatable bonds is 9. The number of anilines is 1. The third-order valence-corrected chi connectivity index (χ3v) is 6.38. The second-order valence-electron chi connectivity index (χ2n) is 8.91. The van der Waals surface area contributed by atoms with E-state index >= 15 is 0 Å². The predicted octanol–water partition coefficient (Wildman–Crippen LogP) is 2.60. The van der Waals surface area contributed by atoms with E-state index in [1.807, 2.05) is 0 Å². The lowest BCUT2D eigenvalue weighted by Crippen LogP contribution is -2.49. The lowest BCUT2D eigenvalue weighted by atomic mass is 9.86. The number of carbonyl (C=O) groups is 1. The van der Waals surface area contributed by atoms with Crippen molar-refractivity contribution in [1.29, 1.82) is 0 Å². The maximum atomic E-state index is 13.8. The highest BCUT2D eigenvalue weighted by Crippen LogP contribution is 2.30. The summed E-state index contributed by atoms with van der Waals surface area (Å²) in [5, 5.41) is 23.2. The van der Waals surface area contributed by atoms with Crippen LogP contribution in [0.15, 0.2) is 36.4 Å². The summed E-state index contributed by atoms with van der Waals surface area (Å²) in [4.78, 5) is 16.5. The number of aliphatic hydroxyl groups excluding tert-OH is 1. The molecule has 0 saturated heterocycles. The van der Waals surface area contributed by atoms with E-state index in [0.29, 0.717) is 5.56 Å². The number of aromatic amines is 1. The van der Waals surface area contributed by atoms with Crippen molar-refractivity contribution in [2.24, 2.45) is 0 Å². The van der Waals surface area contributed by atoms with Gasteiger partial charge in [0.2, 0.25) is 11.8 Å². The third kappa shape index (κ3) is 6.20. The van der Waals surface area contributed by atoms with Crippen LogP contribution in [0.5, 0.6) is 0 Å². The number of aliphatic hydroxyl groups is 1. The first-order valence-electron chi connectivity index (χ1n) is 11.8. The largest absolute Gasteiger partial charge is 0.390 e. The number of amides is 1. The fourth-order valence-corrected chi connectivity index (χ4v) is 4.56. The number of hydrogen-bond acceptors (Lipinski definition) is 6. The van der Waals surface area contributed by atoms with Crippen LogP contribution in [0.1, 0.15) is 58.7 Å². The number of nitrogens with two attached hydrogens (primary N) is 1. The van der Waals surface area contributed by atoms with Crippen LogP contribution in [0.25, 0.3) is 0 Å². The van der Waals surface area contributed by atoms with Crippen molar-refractivity contribution in [2.75, 3.05) is 12.3 Å². The van der Waals surface area contributed by atoms with Crippen LogP contribution in [0, 0.1) is 11.6 Å². The smallest absolute Gasteiger partial charge is 0.288 e. The molecule has 0 bridgehead atoms. The lowest BCUT2D eigenvalue weighted by molar-refractivity contribution is 0.0814. The van der Waals surface area contributed by atoms with Gasteiger partial charge in [0.25, 0.3) is 5.91 Å². The molecule has 0 saturated carbocycles. The number of nitrogens with zero attached hydrogens (tertiary/aromatic N) is 2. The van der Waals surface area contributed by atoms with E-state index in [1.54, 1.807) is 0 Å². The number of aromatic nitrogens is 3. The Hall–Kier alpha value is -3.37. The normalized spacial score (nSPS) is 17.0. The van der Waals surface area contributed by atoms with Crippen LogP contribution in [0.3, 0.4) is 0 Å². The second-order valence-corrected chi connectivity index (χ2v) is 8.91. The molecule has 1 heterocycles. The molecule has 35 heavy (non-hydrogen) atoms. The number of fused-ring (bicyclic) bond motifs is 1. The van der Waals surface area contributed by atoms with E-state index in [9.17, 15) is 18.7 Å². The fraction of sp³-hybridized carbons (Fsp3) is 0.400. The summed E-state index contributed by atoms with van der Waals surface area (Å²) in [6.45, 7) is 2.28. The van der Waals surface area contributed by atoms with Gasteiger partial charge in [-0.2, -0.15) is 4.98 Å². The van der Waals surface area contributed by atoms with Gasteiger partial charge in [-0.1, -0.05) is 25.1 Å². The van der Waals surface area contributed by atoms with Crippen LogP contribution in [0.4, 0.5) is 14.7 Å². The molecule has 6 N–H and O–H groups in total. The zero-order valence-corrected chi connectivity index (χ0v) is 19.5. The number of carbonyl (C=O) groups excluding carboxylic acids is 1. The highest BCUT2D eigenvalue weighted by molar-refractivity contribution is 5.90. The molecule has 1 amide bonds. The van der Waals surface area contributed by atoms with Gasteiger partial charge in [-0.05, 0) is 66.5 Å². The Morgan fingerprint density at radius 2 is 2.00 bits per heavy atom. The summed E-state index contributed by atoms with van der Waals surface area (Å²) < 4.78 is 27.5. The van der Waals surface area contributed by atoms with E-state index in [2.05, 4.69) is 50.9 Å². The zero-order valence-electron chi connectivity index (χ0n) is 19.5. The van der Waals surface area contributed by atoms with Crippen molar-refractivity contribution in [3.8, 4) is 0 Å². The Balaban J connectivity index is 1.50. The van der Waals surface area contributed by atoms with E-state index in [1.165, 1.54) is 28.8 Å². The van der Waals surface area contributed by atoms with Crippen molar-refractivity contribution in [3.63, 3.8) is 0 Å². The molecular weight excluding hydrogens is 454 g/mol.